The normalized spacial score (nSPS) is 30.4. The van der Waals surface area contributed by atoms with Crippen LogP contribution < -0.4 is 5.32 Å². The van der Waals surface area contributed by atoms with Crippen LogP contribution in [0.2, 0.25) is 0 Å². The Bertz CT molecular complexity index is 215. The third kappa shape index (κ3) is 2.30. The van der Waals surface area contributed by atoms with E-state index in [1.807, 2.05) is 0 Å². The maximum absolute atomic E-state index is 3.96. The molecule has 0 amide bonds. The molecule has 0 heterocycles. The Morgan fingerprint density at radius 3 is 2.25 bits per heavy atom. The van der Waals surface area contributed by atoms with Gasteiger partial charge in [-0.1, -0.05) is 40.0 Å². The zero-order valence-electron chi connectivity index (χ0n) is 11.4. The molecule has 1 N–H and O–H groups in total. The Balaban J connectivity index is 1.90. The number of nitrogens with one attached hydrogen (secondary N) is 1. The van der Waals surface area contributed by atoms with Gasteiger partial charge in [-0.2, -0.15) is 0 Å². The molecular formula is C15H29N. The highest BCUT2D eigenvalue weighted by Crippen LogP contribution is 2.51. The fourth-order valence-corrected chi connectivity index (χ4v) is 3.85. The van der Waals surface area contributed by atoms with E-state index >= 15 is 0 Å². The summed E-state index contributed by atoms with van der Waals surface area (Å²) < 4.78 is 0. The standard InChI is InChI=1S/C15H29N/c1-4-13(12(2)3)16-14-8-11-15(14)9-6-5-7-10-15/h12-14,16H,4-11H2,1-3H3. The Morgan fingerprint density at radius 2 is 1.81 bits per heavy atom. The van der Waals surface area contributed by atoms with E-state index in [0.717, 1.165) is 23.4 Å². The van der Waals surface area contributed by atoms with E-state index in [0.29, 0.717) is 0 Å². The number of hydrogen-bond donors (Lipinski definition) is 1. The van der Waals surface area contributed by atoms with Gasteiger partial charge < -0.3 is 5.32 Å². The van der Waals surface area contributed by atoms with Crippen LogP contribution in [0.5, 0.6) is 0 Å². The van der Waals surface area contributed by atoms with Crippen LogP contribution in [-0.2, 0) is 0 Å². The quantitative estimate of drug-likeness (QED) is 0.756. The SMILES string of the molecule is CCC(NC1CCC12CCCCC2)C(C)C. The second kappa shape index (κ2) is 5.08. The Labute approximate surface area is 101 Å². The van der Waals surface area contributed by atoms with Crippen LogP contribution in [0.4, 0.5) is 0 Å². The maximum Gasteiger partial charge on any atom is 0.0126 e. The predicted octanol–water partition coefficient (Wildman–Crippen LogP) is 4.12. The van der Waals surface area contributed by atoms with Crippen LogP contribution in [0.1, 0.15) is 72.1 Å². The van der Waals surface area contributed by atoms with E-state index in [2.05, 4.69) is 26.1 Å². The molecule has 2 saturated carbocycles. The largest absolute Gasteiger partial charge is 0.310 e. The van der Waals surface area contributed by atoms with Gasteiger partial charge in [0.1, 0.15) is 0 Å². The predicted molar refractivity (Wildman–Crippen MR) is 70.6 cm³/mol. The maximum atomic E-state index is 3.96. The summed E-state index contributed by atoms with van der Waals surface area (Å²) in [6, 6.07) is 1.59. The minimum absolute atomic E-state index is 0.723. The molecule has 2 unspecified atom stereocenters. The lowest BCUT2D eigenvalue weighted by Gasteiger charge is -2.54. The molecule has 0 aromatic rings. The number of hydrogen-bond acceptors (Lipinski definition) is 1. The molecule has 1 spiro atoms. The third-order valence-corrected chi connectivity index (χ3v) is 5.18. The van der Waals surface area contributed by atoms with E-state index in [4.69, 9.17) is 0 Å². The summed E-state index contributed by atoms with van der Waals surface area (Å²) in [4.78, 5) is 0. The first-order valence-corrected chi connectivity index (χ1v) is 7.44. The lowest BCUT2D eigenvalue weighted by atomic mass is 9.57. The van der Waals surface area contributed by atoms with Crippen LogP contribution >= 0.6 is 0 Å². The number of rotatable bonds is 4. The zero-order chi connectivity index (χ0) is 11.6. The summed E-state index contributed by atoms with van der Waals surface area (Å²) in [6.07, 6.45) is 11.7. The molecule has 0 aromatic heterocycles. The Kier molecular flexibility index (Phi) is 3.94. The van der Waals surface area contributed by atoms with Crippen molar-refractivity contribution in [1.29, 1.82) is 0 Å². The molecule has 16 heavy (non-hydrogen) atoms. The minimum atomic E-state index is 0.723. The molecule has 0 aliphatic heterocycles. The minimum Gasteiger partial charge on any atom is -0.310 e. The van der Waals surface area contributed by atoms with E-state index in [1.54, 1.807) is 0 Å². The molecule has 1 nitrogen and oxygen atoms in total. The lowest BCUT2D eigenvalue weighted by Crippen LogP contribution is -2.57. The summed E-state index contributed by atoms with van der Waals surface area (Å²) in [5, 5.41) is 3.96. The van der Waals surface area contributed by atoms with Gasteiger partial charge in [0, 0.05) is 12.1 Å². The van der Waals surface area contributed by atoms with Crippen molar-refractivity contribution < 1.29 is 0 Å². The van der Waals surface area contributed by atoms with Gasteiger partial charge >= 0.3 is 0 Å². The molecule has 0 bridgehead atoms. The van der Waals surface area contributed by atoms with Crippen molar-refractivity contribution >= 4 is 0 Å². The molecule has 2 aliphatic carbocycles. The first-order valence-electron chi connectivity index (χ1n) is 7.44. The van der Waals surface area contributed by atoms with Crippen LogP contribution in [-0.4, -0.2) is 12.1 Å². The summed E-state index contributed by atoms with van der Waals surface area (Å²) >= 11 is 0. The fraction of sp³-hybridized carbons (Fsp3) is 1.00. The Morgan fingerprint density at radius 1 is 1.12 bits per heavy atom. The van der Waals surface area contributed by atoms with Crippen molar-refractivity contribution in [2.24, 2.45) is 11.3 Å². The lowest BCUT2D eigenvalue weighted by molar-refractivity contribution is 0.0126. The van der Waals surface area contributed by atoms with Gasteiger partial charge in [-0.25, -0.2) is 0 Å². The fourth-order valence-electron chi connectivity index (χ4n) is 3.85. The first kappa shape index (κ1) is 12.4. The second-order valence-corrected chi connectivity index (χ2v) is 6.44. The van der Waals surface area contributed by atoms with Crippen molar-refractivity contribution in [1.82, 2.24) is 5.32 Å². The highest BCUT2D eigenvalue weighted by molar-refractivity contribution is 5.02. The zero-order valence-corrected chi connectivity index (χ0v) is 11.4. The first-order chi connectivity index (χ1) is 7.68. The van der Waals surface area contributed by atoms with Gasteiger partial charge in [-0.15, -0.1) is 0 Å². The monoisotopic (exact) mass is 223 g/mol. The summed E-state index contributed by atoms with van der Waals surface area (Å²) in [5.41, 5.74) is 0.723. The van der Waals surface area contributed by atoms with Crippen molar-refractivity contribution in [2.75, 3.05) is 0 Å². The molecule has 0 saturated heterocycles. The molecular weight excluding hydrogens is 194 g/mol. The van der Waals surface area contributed by atoms with Crippen LogP contribution in [0, 0.1) is 11.3 Å². The smallest absolute Gasteiger partial charge is 0.0126 e. The molecule has 0 radical (unpaired) electrons. The highest BCUT2D eigenvalue weighted by atomic mass is 15.0. The van der Waals surface area contributed by atoms with Gasteiger partial charge in [-0.05, 0) is 43.4 Å². The van der Waals surface area contributed by atoms with Crippen molar-refractivity contribution in [3.63, 3.8) is 0 Å². The van der Waals surface area contributed by atoms with E-state index in [9.17, 15) is 0 Å². The summed E-state index contributed by atoms with van der Waals surface area (Å²) in [5.74, 6) is 0.784. The van der Waals surface area contributed by atoms with Crippen LogP contribution in [0.3, 0.4) is 0 Å². The molecule has 0 aromatic carbocycles. The molecule has 2 rings (SSSR count). The Hall–Kier alpha value is -0.0400. The topological polar surface area (TPSA) is 12.0 Å². The van der Waals surface area contributed by atoms with Crippen molar-refractivity contribution in [3.05, 3.63) is 0 Å². The van der Waals surface area contributed by atoms with E-state index in [1.165, 1.54) is 51.4 Å². The molecule has 2 fully saturated rings. The average molecular weight is 223 g/mol. The summed E-state index contributed by atoms with van der Waals surface area (Å²) in [7, 11) is 0. The van der Waals surface area contributed by atoms with Crippen LogP contribution in [0.15, 0.2) is 0 Å². The highest BCUT2D eigenvalue weighted by Gasteiger charge is 2.47. The van der Waals surface area contributed by atoms with Gasteiger partial charge in [0.2, 0.25) is 0 Å². The average Bonchev–Trinajstić information content (AvgIpc) is 2.29. The van der Waals surface area contributed by atoms with Crippen molar-refractivity contribution in [3.8, 4) is 0 Å². The molecule has 1 heteroatoms. The van der Waals surface area contributed by atoms with Gasteiger partial charge in [0.05, 0.1) is 0 Å². The van der Waals surface area contributed by atoms with Gasteiger partial charge in [-0.3, -0.25) is 0 Å². The van der Waals surface area contributed by atoms with Gasteiger partial charge in [0.25, 0.3) is 0 Å². The van der Waals surface area contributed by atoms with E-state index in [-0.39, 0.29) is 0 Å². The van der Waals surface area contributed by atoms with Crippen LogP contribution in [0.25, 0.3) is 0 Å². The second-order valence-electron chi connectivity index (χ2n) is 6.44. The molecule has 94 valence electrons. The molecule has 2 atom stereocenters. The van der Waals surface area contributed by atoms with Gasteiger partial charge in [0.15, 0.2) is 0 Å². The van der Waals surface area contributed by atoms with Crippen molar-refractivity contribution in [2.45, 2.75) is 84.2 Å². The summed E-state index contributed by atoms with van der Waals surface area (Å²) in [6.45, 7) is 7.03. The third-order valence-electron chi connectivity index (χ3n) is 5.18. The molecule has 2 aliphatic rings. The van der Waals surface area contributed by atoms with E-state index < -0.39 is 0 Å².